The molecule has 0 unspecified atom stereocenters. The van der Waals surface area contributed by atoms with Crippen LogP contribution >= 0.6 is 0 Å². The molecule has 2 aliphatic rings. The molecule has 0 bridgehead atoms. The fraction of sp³-hybridized carbons (Fsp3) is 0.333. The topological polar surface area (TPSA) is 20.2 Å². The van der Waals surface area contributed by atoms with E-state index >= 15 is 0 Å². The predicted octanol–water partition coefficient (Wildman–Crippen LogP) is 4.61. The number of aliphatic hydroxyl groups excluding tert-OH is 1. The summed E-state index contributed by atoms with van der Waals surface area (Å²) in [6.45, 7) is 0. The van der Waals surface area contributed by atoms with Crippen LogP contribution in [0.25, 0.3) is 0 Å². The third-order valence-electron chi connectivity index (χ3n) is 2.88. The van der Waals surface area contributed by atoms with E-state index in [1.165, 1.54) is 0 Å². The lowest BCUT2D eigenvalue weighted by molar-refractivity contribution is 0.343. The highest BCUT2D eigenvalue weighted by molar-refractivity contribution is 5.46. The van der Waals surface area contributed by atoms with Gasteiger partial charge in [-0.15, -0.1) is 0 Å². The number of aliphatic hydroxyl groups is 1. The Morgan fingerprint density at radius 3 is 2.24 bits per heavy atom. The van der Waals surface area contributed by atoms with Crippen LogP contribution in [0.15, 0.2) is 46.3 Å². The molecule has 2 aliphatic carbocycles. The van der Waals surface area contributed by atoms with Crippen LogP contribution in [-0.2, 0) is 0 Å². The summed E-state index contributed by atoms with van der Waals surface area (Å²) in [7, 11) is 0. The van der Waals surface area contributed by atoms with Gasteiger partial charge in [-0.2, -0.15) is 0 Å². The summed E-state index contributed by atoms with van der Waals surface area (Å²) in [6, 6.07) is 0. The van der Waals surface area contributed by atoms with Crippen molar-refractivity contribution in [2.45, 2.75) is 25.7 Å². The molecule has 0 saturated carbocycles. The standard InChI is InChI=1S/C12H10F4O/c13-8-3-1-6(5-9(8)14)7-2-4-10(17)12(16)11(7)15/h5,17H,1-4H2. The molecule has 0 heterocycles. The minimum absolute atomic E-state index is 0.0166. The minimum atomic E-state index is -1.30. The van der Waals surface area contributed by atoms with Crippen molar-refractivity contribution >= 4 is 0 Å². The van der Waals surface area contributed by atoms with Gasteiger partial charge in [0.25, 0.3) is 0 Å². The van der Waals surface area contributed by atoms with Crippen LogP contribution in [0.2, 0.25) is 0 Å². The first-order valence-electron chi connectivity index (χ1n) is 5.22. The Bertz CT molecular complexity index is 483. The van der Waals surface area contributed by atoms with Crippen molar-refractivity contribution in [3.05, 3.63) is 46.3 Å². The Morgan fingerprint density at radius 1 is 0.882 bits per heavy atom. The maximum atomic E-state index is 13.5. The maximum Gasteiger partial charge on any atom is 0.196 e. The molecule has 0 saturated heterocycles. The van der Waals surface area contributed by atoms with E-state index in [1.54, 1.807) is 0 Å². The molecule has 0 aliphatic heterocycles. The lowest BCUT2D eigenvalue weighted by Crippen LogP contribution is -2.05. The number of allylic oxidation sites excluding steroid dienone is 8. The lowest BCUT2D eigenvalue weighted by atomic mass is 9.89. The summed E-state index contributed by atoms with van der Waals surface area (Å²) in [6.07, 6.45) is 0.941. The van der Waals surface area contributed by atoms with Crippen LogP contribution in [0.4, 0.5) is 17.6 Å². The number of hydrogen-bond donors (Lipinski definition) is 1. The van der Waals surface area contributed by atoms with Gasteiger partial charge in [-0.05, 0) is 30.1 Å². The summed E-state index contributed by atoms with van der Waals surface area (Å²) in [5.41, 5.74) is 0.270. The van der Waals surface area contributed by atoms with Gasteiger partial charge in [-0.25, -0.2) is 17.6 Å². The molecule has 0 aromatic carbocycles. The molecular weight excluding hydrogens is 236 g/mol. The van der Waals surface area contributed by atoms with E-state index in [2.05, 4.69) is 0 Å². The summed E-state index contributed by atoms with van der Waals surface area (Å²) in [5.74, 6) is -5.02. The first-order valence-corrected chi connectivity index (χ1v) is 5.22. The molecule has 0 spiro atoms. The molecular formula is C12H10F4O. The molecule has 0 aromatic rings. The quantitative estimate of drug-likeness (QED) is 0.669. The van der Waals surface area contributed by atoms with Crippen molar-refractivity contribution in [1.82, 2.24) is 0 Å². The second kappa shape index (κ2) is 4.39. The molecule has 92 valence electrons. The van der Waals surface area contributed by atoms with Crippen molar-refractivity contribution in [2.24, 2.45) is 0 Å². The van der Waals surface area contributed by atoms with Crippen LogP contribution in [0.3, 0.4) is 0 Å². The highest BCUT2D eigenvalue weighted by Gasteiger charge is 2.26. The zero-order chi connectivity index (χ0) is 12.6. The molecule has 17 heavy (non-hydrogen) atoms. The van der Waals surface area contributed by atoms with Gasteiger partial charge in [-0.3, -0.25) is 0 Å². The van der Waals surface area contributed by atoms with E-state index in [9.17, 15) is 17.6 Å². The minimum Gasteiger partial charge on any atom is -0.509 e. The lowest BCUT2D eigenvalue weighted by Gasteiger charge is -2.19. The van der Waals surface area contributed by atoms with Gasteiger partial charge >= 0.3 is 0 Å². The zero-order valence-corrected chi connectivity index (χ0v) is 8.86. The zero-order valence-electron chi connectivity index (χ0n) is 8.86. The number of hydrogen-bond acceptors (Lipinski definition) is 1. The van der Waals surface area contributed by atoms with Gasteiger partial charge < -0.3 is 5.11 Å². The first-order chi connectivity index (χ1) is 8.00. The molecule has 1 N–H and O–H groups in total. The maximum absolute atomic E-state index is 13.5. The Morgan fingerprint density at radius 2 is 1.59 bits per heavy atom. The van der Waals surface area contributed by atoms with Crippen molar-refractivity contribution in [2.75, 3.05) is 0 Å². The van der Waals surface area contributed by atoms with E-state index in [4.69, 9.17) is 5.11 Å². The van der Waals surface area contributed by atoms with Gasteiger partial charge in [0, 0.05) is 12.8 Å². The SMILES string of the molecule is OC1=C(F)C(F)=C(C2=CC(F)=C(F)CC2)CC1. The van der Waals surface area contributed by atoms with Gasteiger partial charge in [0.15, 0.2) is 17.5 Å². The van der Waals surface area contributed by atoms with Gasteiger partial charge in [0.05, 0.1) is 0 Å². The average Bonchev–Trinajstić information content (AvgIpc) is 2.30. The normalized spacial score (nSPS) is 22.2. The highest BCUT2D eigenvalue weighted by Crippen LogP contribution is 2.39. The van der Waals surface area contributed by atoms with Gasteiger partial charge in [-0.1, -0.05) is 0 Å². The fourth-order valence-corrected chi connectivity index (χ4v) is 1.93. The van der Waals surface area contributed by atoms with Crippen molar-refractivity contribution in [3.8, 4) is 0 Å². The van der Waals surface area contributed by atoms with Crippen LogP contribution in [0, 0.1) is 0 Å². The van der Waals surface area contributed by atoms with Crippen LogP contribution in [0.5, 0.6) is 0 Å². The van der Waals surface area contributed by atoms with Crippen molar-refractivity contribution in [1.29, 1.82) is 0 Å². The molecule has 0 atom stereocenters. The highest BCUT2D eigenvalue weighted by atomic mass is 19.2. The van der Waals surface area contributed by atoms with Gasteiger partial charge in [0.1, 0.15) is 11.6 Å². The summed E-state index contributed by atoms with van der Waals surface area (Å²) in [4.78, 5) is 0. The molecule has 0 fully saturated rings. The Hall–Kier alpha value is -1.52. The van der Waals surface area contributed by atoms with Gasteiger partial charge in [0.2, 0.25) is 0 Å². The molecule has 1 nitrogen and oxygen atoms in total. The number of rotatable bonds is 1. The molecule has 0 amide bonds. The van der Waals surface area contributed by atoms with Crippen LogP contribution in [0.1, 0.15) is 25.7 Å². The smallest absolute Gasteiger partial charge is 0.196 e. The third-order valence-corrected chi connectivity index (χ3v) is 2.88. The fourth-order valence-electron chi connectivity index (χ4n) is 1.93. The monoisotopic (exact) mass is 246 g/mol. The first kappa shape index (κ1) is 12.0. The second-order valence-electron chi connectivity index (χ2n) is 3.98. The molecule has 2 rings (SSSR count). The van der Waals surface area contributed by atoms with Crippen LogP contribution in [-0.4, -0.2) is 5.11 Å². The van der Waals surface area contributed by atoms with E-state index in [0.717, 1.165) is 6.08 Å². The Labute approximate surface area is 95.4 Å². The Balaban J connectivity index is 2.40. The van der Waals surface area contributed by atoms with E-state index in [1.807, 2.05) is 0 Å². The Kier molecular flexibility index (Phi) is 3.09. The summed E-state index contributed by atoms with van der Waals surface area (Å²) < 4.78 is 52.4. The van der Waals surface area contributed by atoms with Crippen molar-refractivity contribution in [3.63, 3.8) is 0 Å². The third kappa shape index (κ3) is 2.14. The average molecular weight is 246 g/mol. The summed E-state index contributed by atoms with van der Waals surface area (Å²) >= 11 is 0. The number of halogens is 4. The van der Waals surface area contributed by atoms with E-state index in [0.29, 0.717) is 0 Å². The van der Waals surface area contributed by atoms with E-state index in [-0.39, 0.29) is 36.8 Å². The largest absolute Gasteiger partial charge is 0.509 e. The van der Waals surface area contributed by atoms with E-state index < -0.39 is 29.1 Å². The predicted molar refractivity (Wildman–Crippen MR) is 54.7 cm³/mol. The summed E-state index contributed by atoms with van der Waals surface area (Å²) in [5, 5.41) is 9.03. The molecule has 5 heteroatoms. The molecule has 0 radical (unpaired) electrons. The second-order valence-corrected chi connectivity index (χ2v) is 3.98. The van der Waals surface area contributed by atoms with Crippen molar-refractivity contribution < 1.29 is 22.7 Å². The van der Waals surface area contributed by atoms with Crippen LogP contribution < -0.4 is 0 Å². The molecule has 0 aromatic heterocycles.